The maximum absolute atomic E-state index is 11.3. The van der Waals surface area contributed by atoms with Crippen molar-refractivity contribution in [1.29, 1.82) is 0 Å². The highest BCUT2D eigenvalue weighted by molar-refractivity contribution is 7.91. The van der Waals surface area contributed by atoms with E-state index >= 15 is 0 Å². The van der Waals surface area contributed by atoms with Crippen molar-refractivity contribution in [1.82, 2.24) is 0 Å². The van der Waals surface area contributed by atoms with Crippen molar-refractivity contribution >= 4 is 15.8 Å². The molecule has 0 aromatic heterocycles. The summed E-state index contributed by atoms with van der Waals surface area (Å²) in [4.78, 5) is 10.4. The standard InChI is InChI=1S/C9H16O4S/c1-3-4-5-6-14(12,13)7-8(2)9(10)11/h3,8H,1,4-7H2,2H3,(H,10,11)/t8-/m0/s1. The Labute approximate surface area is 84.6 Å². The molecule has 1 atom stereocenters. The minimum absolute atomic E-state index is 0.0383. The van der Waals surface area contributed by atoms with Crippen LogP contribution in [-0.2, 0) is 14.6 Å². The molecule has 82 valence electrons. The van der Waals surface area contributed by atoms with Crippen molar-refractivity contribution in [2.24, 2.45) is 5.92 Å². The van der Waals surface area contributed by atoms with Gasteiger partial charge < -0.3 is 5.11 Å². The van der Waals surface area contributed by atoms with Crippen LogP contribution in [0.1, 0.15) is 19.8 Å². The van der Waals surface area contributed by atoms with Crippen LogP contribution >= 0.6 is 0 Å². The average molecular weight is 220 g/mol. The quantitative estimate of drug-likeness (QED) is 0.515. The monoisotopic (exact) mass is 220 g/mol. The second-order valence-corrected chi connectivity index (χ2v) is 5.51. The van der Waals surface area contributed by atoms with Gasteiger partial charge in [-0.1, -0.05) is 13.0 Å². The zero-order valence-electron chi connectivity index (χ0n) is 8.27. The first-order chi connectivity index (χ1) is 6.39. The third-order valence-corrected chi connectivity index (χ3v) is 3.71. The van der Waals surface area contributed by atoms with E-state index in [1.165, 1.54) is 6.92 Å². The topological polar surface area (TPSA) is 71.4 Å². The van der Waals surface area contributed by atoms with Crippen molar-refractivity contribution in [3.8, 4) is 0 Å². The SMILES string of the molecule is C=CCCCS(=O)(=O)C[C@H](C)C(=O)O. The van der Waals surface area contributed by atoms with Gasteiger partial charge in [0.05, 0.1) is 17.4 Å². The van der Waals surface area contributed by atoms with Gasteiger partial charge >= 0.3 is 5.97 Å². The molecule has 0 saturated heterocycles. The van der Waals surface area contributed by atoms with E-state index in [0.29, 0.717) is 12.8 Å². The Morgan fingerprint density at radius 2 is 2.14 bits per heavy atom. The summed E-state index contributed by atoms with van der Waals surface area (Å²) in [5.41, 5.74) is 0. The molecular weight excluding hydrogens is 204 g/mol. The van der Waals surface area contributed by atoms with Crippen LogP contribution in [0, 0.1) is 5.92 Å². The Morgan fingerprint density at radius 3 is 2.57 bits per heavy atom. The van der Waals surface area contributed by atoms with Crippen molar-refractivity contribution in [2.45, 2.75) is 19.8 Å². The summed E-state index contributed by atoms with van der Waals surface area (Å²) >= 11 is 0. The Hall–Kier alpha value is -0.840. The van der Waals surface area contributed by atoms with E-state index in [9.17, 15) is 13.2 Å². The molecule has 4 nitrogen and oxygen atoms in total. The maximum atomic E-state index is 11.3. The van der Waals surface area contributed by atoms with Crippen LogP contribution in [0.4, 0.5) is 0 Å². The van der Waals surface area contributed by atoms with Crippen molar-refractivity contribution < 1.29 is 18.3 Å². The fraction of sp³-hybridized carbons (Fsp3) is 0.667. The van der Waals surface area contributed by atoms with E-state index < -0.39 is 21.7 Å². The molecule has 0 bridgehead atoms. The summed E-state index contributed by atoms with van der Waals surface area (Å²) in [6.45, 7) is 4.88. The Kier molecular flexibility index (Phi) is 5.45. The highest BCUT2D eigenvalue weighted by atomic mass is 32.2. The number of carboxylic acid groups (broad SMARTS) is 1. The van der Waals surface area contributed by atoms with Gasteiger partial charge in [0, 0.05) is 0 Å². The molecule has 0 rings (SSSR count). The molecule has 14 heavy (non-hydrogen) atoms. The van der Waals surface area contributed by atoms with Crippen LogP contribution in [0.5, 0.6) is 0 Å². The van der Waals surface area contributed by atoms with E-state index in [-0.39, 0.29) is 11.5 Å². The third kappa shape index (κ3) is 5.75. The lowest BCUT2D eigenvalue weighted by Gasteiger charge is -2.06. The number of sulfone groups is 1. The molecule has 0 heterocycles. The molecular formula is C9H16O4S. The van der Waals surface area contributed by atoms with E-state index in [1.54, 1.807) is 6.08 Å². The first-order valence-corrected chi connectivity index (χ1v) is 6.25. The number of carboxylic acids is 1. The summed E-state index contributed by atoms with van der Waals surface area (Å²) in [6.07, 6.45) is 2.80. The molecule has 0 fully saturated rings. The molecule has 0 unspecified atom stereocenters. The predicted octanol–water partition coefficient (Wildman–Crippen LogP) is 1.09. The van der Waals surface area contributed by atoms with Crippen LogP contribution in [0.15, 0.2) is 12.7 Å². The number of carbonyl (C=O) groups is 1. The molecule has 0 aliphatic heterocycles. The first kappa shape index (κ1) is 13.2. The summed E-state index contributed by atoms with van der Waals surface area (Å²) in [5.74, 6) is -2.14. The summed E-state index contributed by atoms with van der Waals surface area (Å²) in [6, 6.07) is 0. The highest BCUT2D eigenvalue weighted by Gasteiger charge is 2.20. The fourth-order valence-electron chi connectivity index (χ4n) is 0.983. The largest absolute Gasteiger partial charge is 0.481 e. The molecule has 0 aliphatic rings. The van der Waals surface area contributed by atoms with Gasteiger partial charge in [0.15, 0.2) is 9.84 Å². The van der Waals surface area contributed by atoms with E-state index in [4.69, 9.17) is 5.11 Å². The minimum Gasteiger partial charge on any atom is -0.481 e. The van der Waals surface area contributed by atoms with Gasteiger partial charge in [-0.15, -0.1) is 6.58 Å². The molecule has 0 radical (unpaired) electrons. The minimum atomic E-state index is -3.23. The second-order valence-electron chi connectivity index (χ2n) is 3.28. The fourth-order valence-corrected chi connectivity index (χ4v) is 2.66. The Morgan fingerprint density at radius 1 is 1.57 bits per heavy atom. The molecule has 5 heteroatoms. The van der Waals surface area contributed by atoms with Crippen LogP contribution < -0.4 is 0 Å². The Balaban J connectivity index is 4.07. The third-order valence-electron chi connectivity index (χ3n) is 1.79. The smallest absolute Gasteiger partial charge is 0.307 e. The van der Waals surface area contributed by atoms with Gasteiger partial charge in [-0.3, -0.25) is 4.79 Å². The van der Waals surface area contributed by atoms with Gasteiger partial charge in [-0.25, -0.2) is 8.42 Å². The lowest BCUT2D eigenvalue weighted by Crippen LogP contribution is -2.22. The number of hydrogen-bond acceptors (Lipinski definition) is 3. The van der Waals surface area contributed by atoms with Crippen molar-refractivity contribution in [3.05, 3.63) is 12.7 Å². The summed E-state index contributed by atoms with van der Waals surface area (Å²) < 4.78 is 22.6. The number of hydrogen-bond donors (Lipinski definition) is 1. The molecule has 0 amide bonds. The zero-order valence-corrected chi connectivity index (χ0v) is 9.09. The molecule has 0 saturated carbocycles. The van der Waals surface area contributed by atoms with Gasteiger partial charge in [-0.05, 0) is 12.8 Å². The molecule has 0 aromatic carbocycles. The van der Waals surface area contributed by atoms with Crippen molar-refractivity contribution in [2.75, 3.05) is 11.5 Å². The average Bonchev–Trinajstić information content (AvgIpc) is 2.03. The maximum Gasteiger partial charge on any atom is 0.307 e. The van der Waals surface area contributed by atoms with Gasteiger partial charge in [0.1, 0.15) is 0 Å². The number of allylic oxidation sites excluding steroid dienone is 1. The van der Waals surface area contributed by atoms with Crippen molar-refractivity contribution in [3.63, 3.8) is 0 Å². The number of rotatable bonds is 7. The predicted molar refractivity (Wildman–Crippen MR) is 54.9 cm³/mol. The van der Waals surface area contributed by atoms with E-state index in [0.717, 1.165) is 0 Å². The lowest BCUT2D eigenvalue weighted by atomic mass is 10.2. The number of unbranched alkanes of at least 4 members (excludes halogenated alkanes) is 1. The second kappa shape index (κ2) is 5.80. The highest BCUT2D eigenvalue weighted by Crippen LogP contribution is 2.05. The van der Waals surface area contributed by atoms with E-state index in [1.807, 2.05) is 0 Å². The molecule has 0 aliphatic carbocycles. The van der Waals surface area contributed by atoms with Gasteiger partial charge in [0.25, 0.3) is 0 Å². The summed E-state index contributed by atoms with van der Waals surface area (Å²) in [7, 11) is -3.23. The lowest BCUT2D eigenvalue weighted by molar-refractivity contribution is -0.140. The normalized spacial score (nSPS) is 13.5. The number of aliphatic carboxylic acids is 1. The summed E-state index contributed by atoms with van der Waals surface area (Å²) in [5, 5.41) is 8.54. The molecule has 0 aromatic rings. The van der Waals surface area contributed by atoms with Crippen LogP contribution in [0.3, 0.4) is 0 Å². The van der Waals surface area contributed by atoms with E-state index in [2.05, 4.69) is 6.58 Å². The van der Waals surface area contributed by atoms with Gasteiger partial charge in [-0.2, -0.15) is 0 Å². The van der Waals surface area contributed by atoms with Crippen LogP contribution in [-0.4, -0.2) is 31.0 Å². The first-order valence-electron chi connectivity index (χ1n) is 4.43. The Bertz CT molecular complexity index is 292. The molecule has 0 spiro atoms. The van der Waals surface area contributed by atoms with Crippen LogP contribution in [0.2, 0.25) is 0 Å². The molecule has 1 N–H and O–H groups in total. The zero-order chi connectivity index (χ0) is 11.2. The van der Waals surface area contributed by atoms with Gasteiger partial charge in [0.2, 0.25) is 0 Å². The van der Waals surface area contributed by atoms with Crippen LogP contribution in [0.25, 0.3) is 0 Å².